The van der Waals surface area contributed by atoms with Gasteiger partial charge in [0.05, 0.1) is 0 Å². The van der Waals surface area contributed by atoms with Crippen molar-refractivity contribution in [3.8, 4) is 11.1 Å². The number of hydrogen-bond donors (Lipinski definition) is 0. The van der Waals surface area contributed by atoms with Crippen molar-refractivity contribution >= 4 is 28.7 Å². The van der Waals surface area contributed by atoms with Crippen molar-refractivity contribution in [2.24, 2.45) is 0 Å². The first-order valence-electron chi connectivity index (χ1n) is 16.3. The van der Waals surface area contributed by atoms with Gasteiger partial charge in [0.25, 0.3) is 0 Å². The quantitative estimate of drug-likeness (QED) is 0.162. The van der Waals surface area contributed by atoms with Crippen LogP contribution < -0.4 is 4.90 Å². The van der Waals surface area contributed by atoms with Gasteiger partial charge in [-0.3, -0.25) is 0 Å². The predicted octanol–water partition coefficient (Wildman–Crippen LogP) is 11.9. The molecule has 0 N–H and O–H groups in total. The Bertz CT molecular complexity index is 1840. The molecule has 45 heavy (non-hydrogen) atoms. The van der Waals surface area contributed by atoms with E-state index in [1.807, 2.05) is 0 Å². The summed E-state index contributed by atoms with van der Waals surface area (Å²) in [7, 11) is 0. The van der Waals surface area contributed by atoms with E-state index in [-0.39, 0.29) is 0 Å². The number of benzene rings is 6. The smallest absolute Gasteiger partial charge is 0.0496 e. The lowest BCUT2D eigenvalue weighted by Gasteiger charge is -2.30. The highest BCUT2D eigenvalue weighted by Gasteiger charge is 2.20. The van der Waals surface area contributed by atoms with Crippen LogP contribution in [0.5, 0.6) is 0 Å². The molecule has 0 bridgehead atoms. The van der Waals surface area contributed by atoms with Gasteiger partial charge in [0, 0.05) is 17.1 Å². The normalized spacial score (nSPS) is 12.3. The number of hydrogen-bond acceptors (Lipinski definition) is 1. The van der Waals surface area contributed by atoms with Crippen molar-refractivity contribution in [2.45, 2.75) is 39.0 Å². The van der Waals surface area contributed by atoms with E-state index < -0.39 is 0 Å². The lowest BCUT2D eigenvalue weighted by molar-refractivity contribution is 0.686. The van der Waals surface area contributed by atoms with Crippen molar-refractivity contribution in [3.05, 3.63) is 185 Å². The third kappa shape index (κ3) is 6.26. The summed E-state index contributed by atoms with van der Waals surface area (Å²) in [5.41, 5.74) is 15.3. The van der Waals surface area contributed by atoms with Gasteiger partial charge in [0.15, 0.2) is 0 Å². The lowest BCUT2D eigenvalue weighted by atomic mass is 9.89. The third-order valence-corrected chi connectivity index (χ3v) is 9.07. The Hall–Kier alpha value is -5.14. The maximum atomic E-state index is 2.46. The van der Waals surface area contributed by atoms with Crippen molar-refractivity contribution in [3.63, 3.8) is 0 Å². The second kappa shape index (κ2) is 13.2. The second-order valence-corrected chi connectivity index (χ2v) is 11.9. The number of aryl methyl sites for hydroxylation is 2. The molecule has 0 aliphatic heterocycles. The van der Waals surface area contributed by atoms with Crippen molar-refractivity contribution < 1.29 is 0 Å². The summed E-state index contributed by atoms with van der Waals surface area (Å²) < 4.78 is 0. The SMILES string of the molecule is CCc1ccc(-c2ccc(N(c3ccc(C=C(c4ccccc4)c4ccccc4)cc3)c3cccc4c3CCCC4)cc2)cc1. The molecule has 7 rings (SSSR count). The molecule has 0 heterocycles. The lowest BCUT2D eigenvalue weighted by Crippen LogP contribution is -2.15. The van der Waals surface area contributed by atoms with Gasteiger partial charge in [-0.25, -0.2) is 0 Å². The van der Waals surface area contributed by atoms with Crippen LogP contribution in [0.25, 0.3) is 22.8 Å². The summed E-state index contributed by atoms with van der Waals surface area (Å²) in [5.74, 6) is 0. The van der Waals surface area contributed by atoms with Gasteiger partial charge in [0.2, 0.25) is 0 Å². The monoisotopic (exact) mass is 581 g/mol. The van der Waals surface area contributed by atoms with Crippen molar-refractivity contribution in [2.75, 3.05) is 4.90 Å². The molecule has 1 nitrogen and oxygen atoms in total. The second-order valence-electron chi connectivity index (χ2n) is 11.9. The van der Waals surface area contributed by atoms with Crippen LogP contribution in [0.4, 0.5) is 17.1 Å². The van der Waals surface area contributed by atoms with Gasteiger partial charge in [0.1, 0.15) is 0 Å². The van der Waals surface area contributed by atoms with Crippen molar-refractivity contribution in [1.82, 2.24) is 0 Å². The minimum absolute atomic E-state index is 1.06. The first-order valence-corrected chi connectivity index (χ1v) is 16.3. The minimum atomic E-state index is 1.06. The molecule has 0 saturated heterocycles. The van der Waals surface area contributed by atoms with Crippen LogP contribution in [0.1, 0.15) is 53.1 Å². The molecule has 0 fully saturated rings. The Kier molecular flexibility index (Phi) is 8.42. The molecular formula is C44H39N. The summed E-state index contributed by atoms with van der Waals surface area (Å²) in [5, 5.41) is 0. The minimum Gasteiger partial charge on any atom is -0.310 e. The van der Waals surface area contributed by atoms with Gasteiger partial charge >= 0.3 is 0 Å². The molecule has 1 heteroatoms. The fraction of sp³-hybridized carbons (Fsp3) is 0.136. The standard InChI is InChI=1S/C44H39N/c1-2-33-20-24-35(25-21-33)36-26-30-41(31-27-36)45(44-19-11-17-37-16-9-10-18-42(37)44)40-28-22-34(23-29-40)32-43(38-12-5-3-6-13-38)39-14-7-4-8-15-39/h3-8,11-15,17,19-32H,2,9-10,16,18H2,1H3. The number of nitrogens with zero attached hydrogens (tertiary/aromatic N) is 1. The average Bonchev–Trinajstić information content (AvgIpc) is 3.12. The summed E-state index contributed by atoms with van der Waals surface area (Å²) in [6.07, 6.45) is 8.17. The molecule has 0 saturated carbocycles. The third-order valence-electron chi connectivity index (χ3n) is 9.07. The Labute approximate surface area is 268 Å². The Morgan fingerprint density at radius 2 is 1.11 bits per heavy atom. The Morgan fingerprint density at radius 3 is 1.71 bits per heavy atom. The van der Waals surface area contributed by atoms with Crippen LogP contribution in [0.3, 0.4) is 0 Å². The van der Waals surface area contributed by atoms with Crippen LogP contribution in [-0.2, 0) is 19.3 Å². The van der Waals surface area contributed by atoms with E-state index in [9.17, 15) is 0 Å². The van der Waals surface area contributed by atoms with Crippen LogP contribution in [0.2, 0.25) is 0 Å². The van der Waals surface area contributed by atoms with E-state index in [4.69, 9.17) is 0 Å². The molecule has 0 atom stereocenters. The number of fused-ring (bicyclic) bond motifs is 1. The Balaban J connectivity index is 1.28. The number of anilines is 3. The molecule has 0 radical (unpaired) electrons. The van der Waals surface area contributed by atoms with Gasteiger partial charge in [-0.2, -0.15) is 0 Å². The van der Waals surface area contributed by atoms with E-state index in [1.165, 1.54) is 80.0 Å². The number of rotatable bonds is 8. The molecule has 6 aromatic rings. The summed E-state index contributed by atoms with van der Waals surface area (Å²) in [6, 6.07) is 55.3. The molecule has 0 aromatic heterocycles. The average molecular weight is 582 g/mol. The van der Waals surface area contributed by atoms with Crippen LogP contribution in [0.15, 0.2) is 152 Å². The highest BCUT2D eigenvalue weighted by atomic mass is 15.1. The zero-order chi connectivity index (χ0) is 30.4. The van der Waals surface area contributed by atoms with E-state index >= 15 is 0 Å². The largest absolute Gasteiger partial charge is 0.310 e. The van der Waals surface area contributed by atoms with Gasteiger partial charge in [-0.15, -0.1) is 0 Å². The summed E-state index contributed by atoms with van der Waals surface area (Å²) in [6.45, 7) is 2.20. The van der Waals surface area contributed by atoms with E-state index in [2.05, 4.69) is 170 Å². The maximum absolute atomic E-state index is 2.46. The highest BCUT2D eigenvalue weighted by Crippen LogP contribution is 2.41. The molecule has 0 spiro atoms. The molecule has 0 amide bonds. The van der Waals surface area contributed by atoms with E-state index in [0.29, 0.717) is 0 Å². The molecule has 0 unspecified atom stereocenters. The van der Waals surface area contributed by atoms with Crippen LogP contribution in [0, 0.1) is 0 Å². The molecule has 220 valence electrons. The predicted molar refractivity (Wildman–Crippen MR) is 192 cm³/mol. The molecule has 6 aromatic carbocycles. The van der Waals surface area contributed by atoms with E-state index in [0.717, 1.165) is 19.3 Å². The molecule has 1 aliphatic rings. The fourth-order valence-electron chi connectivity index (χ4n) is 6.59. The fourth-order valence-corrected chi connectivity index (χ4v) is 6.59. The van der Waals surface area contributed by atoms with Gasteiger partial charge in [-0.1, -0.05) is 128 Å². The van der Waals surface area contributed by atoms with Crippen molar-refractivity contribution in [1.29, 1.82) is 0 Å². The molecular weight excluding hydrogens is 542 g/mol. The Morgan fingerprint density at radius 1 is 0.556 bits per heavy atom. The van der Waals surface area contributed by atoms with Gasteiger partial charge in [-0.05, 0) is 119 Å². The summed E-state index contributed by atoms with van der Waals surface area (Å²) in [4.78, 5) is 2.46. The van der Waals surface area contributed by atoms with Gasteiger partial charge < -0.3 is 4.90 Å². The zero-order valence-corrected chi connectivity index (χ0v) is 26.0. The van der Waals surface area contributed by atoms with Crippen LogP contribution >= 0.6 is 0 Å². The van der Waals surface area contributed by atoms with Crippen LogP contribution in [-0.4, -0.2) is 0 Å². The van der Waals surface area contributed by atoms with E-state index in [1.54, 1.807) is 0 Å². The first kappa shape index (κ1) is 28.6. The first-order chi connectivity index (χ1) is 22.3. The maximum Gasteiger partial charge on any atom is 0.0496 e. The highest BCUT2D eigenvalue weighted by molar-refractivity contribution is 5.92. The summed E-state index contributed by atoms with van der Waals surface area (Å²) >= 11 is 0. The topological polar surface area (TPSA) is 3.24 Å². The zero-order valence-electron chi connectivity index (χ0n) is 26.0. The molecule has 1 aliphatic carbocycles.